The molecule has 0 aromatic heterocycles. The number of carbonyl (C=O) groups is 10. The first kappa shape index (κ1) is 79.9. The van der Waals surface area contributed by atoms with Crippen LogP contribution in [0.5, 0.6) is 0 Å². The molecule has 113 heavy (non-hydrogen) atoms. The molecule has 0 spiro atoms. The Bertz CT molecular complexity index is 4310. The second kappa shape index (κ2) is 37.4. The summed E-state index contributed by atoms with van der Waals surface area (Å²) in [6.45, 7) is 12.8. The number of rotatable bonds is 13. The van der Waals surface area contributed by atoms with Crippen molar-refractivity contribution in [2.45, 2.75) is 198 Å². The van der Waals surface area contributed by atoms with Crippen LogP contribution in [-0.4, -0.2) is 211 Å². The van der Waals surface area contributed by atoms with Gasteiger partial charge in [0.1, 0.15) is 30.3 Å². The molecule has 6 aromatic rings. The van der Waals surface area contributed by atoms with Gasteiger partial charge < -0.3 is 80.7 Å². The van der Waals surface area contributed by atoms with Crippen LogP contribution < -0.4 is 31.9 Å². The van der Waals surface area contributed by atoms with E-state index in [9.17, 15) is 47.9 Å². The molecule has 26 heteroatoms. The van der Waals surface area contributed by atoms with Crippen molar-refractivity contribution in [3.05, 3.63) is 197 Å². The van der Waals surface area contributed by atoms with Gasteiger partial charge >= 0.3 is 42.2 Å². The van der Waals surface area contributed by atoms with Crippen molar-refractivity contribution in [3.63, 3.8) is 0 Å². The number of fused-ring (bicyclic) bond motifs is 3. The normalized spacial score (nSPS) is 21.5. The van der Waals surface area contributed by atoms with Gasteiger partial charge in [-0.05, 0) is 175 Å². The summed E-state index contributed by atoms with van der Waals surface area (Å²) >= 11 is 0. The van der Waals surface area contributed by atoms with Crippen LogP contribution in [-0.2, 0) is 56.5 Å². The average Bonchev–Trinajstić information content (AvgIpc) is 1.33. The van der Waals surface area contributed by atoms with Crippen molar-refractivity contribution in [1.82, 2.24) is 60.0 Å². The Morgan fingerprint density at radius 2 is 0.752 bits per heavy atom. The Balaban J connectivity index is 0.000000149. The fourth-order valence-corrected chi connectivity index (χ4v) is 17.0. The van der Waals surface area contributed by atoms with Gasteiger partial charge in [-0.3, -0.25) is 19.2 Å². The SMILES string of the molecule is CC(C)(C)OC(=O)CN1C(=O)[C@H](NC(=O)N2CCC(N3Cc4ccccc4NC3=O)CC2)CCC[C@H]1c1ccccc1.O=C(NC1CCCCN(Cc2ccccc2)C1=O)N1CCC(N2CCc3ccccc3NC2=O)CC1.O=C(N[C@H]1CCCCN(Cc2ccccc2)C1=O)N1CCC(N2Cc3ccccc3NC2=O)CC1. The Labute approximate surface area is 662 Å². The number of piperidine rings is 3. The van der Waals surface area contributed by atoms with Gasteiger partial charge in [0.05, 0.1) is 6.04 Å². The smallest absolute Gasteiger partial charge is 0.326 e. The highest BCUT2D eigenvalue weighted by Crippen LogP contribution is 2.34. The monoisotopic (exact) mass is 1540 g/mol. The highest BCUT2D eigenvalue weighted by molar-refractivity contribution is 5.95. The standard InChI is InChI=1S/C32H41N5O5.C28H35N5O3.C27H33N5O3/c1-32(2,3)42-28(38)21-37-27(22-10-5-4-6-11-22)15-9-14-26(29(37)39)34-30(40)35-18-16-24(17-19-35)36-20-23-12-7-8-13-25(23)33-31(36)41;34-26-25(12-6-7-16-32(26)20-21-8-2-1-3-9-21)30-27(35)31-17-14-23(15-18-31)33-19-13-22-10-4-5-11-24(22)29-28(33)36;33-25-24(12-6-7-15-31(25)18-20-8-2-1-3-9-20)29-26(34)30-16-13-22(14-17-30)32-19-21-10-4-5-11-23(21)28-27(32)35/h4-8,10-13,24,26-27H,9,14-21H2,1-3H3,(H,33,41)(H,34,40);1-5,8-11,23,25H,6-7,12-20H2,(H,29,36)(H,30,35);1-5,8-11,22,24H,6-7,12-19H2,(H,28,35)(H,29,34)/t26-,27+;;24-/m1.0/s1. The molecule has 6 saturated heterocycles. The third-order valence-electron chi connectivity index (χ3n) is 23.2. The second-order valence-electron chi connectivity index (χ2n) is 32.0. The fraction of sp³-hybridized carbons (Fsp3) is 0.471. The van der Waals surface area contributed by atoms with E-state index in [-0.39, 0.29) is 84.6 Å². The summed E-state index contributed by atoms with van der Waals surface area (Å²) in [5, 5.41) is 18.0. The largest absolute Gasteiger partial charge is 0.459 e. The lowest BCUT2D eigenvalue weighted by Crippen LogP contribution is -2.56. The molecule has 0 aliphatic carbocycles. The molecule has 6 N–H and O–H groups in total. The molecule has 0 bridgehead atoms. The molecule has 15 rings (SSSR count). The van der Waals surface area contributed by atoms with Crippen molar-refractivity contribution < 1.29 is 52.7 Å². The number of ether oxygens (including phenoxy) is 1. The van der Waals surface area contributed by atoms with E-state index >= 15 is 0 Å². The third kappa shape index (κ3) is 20.8. The van der Waals surface area contributed by atoms with E-state index in [2.05, 4.69) is 38.0 Å². The van der Waals surface area contributed by atoms with E-state index in [1.54, 1.807) is 40.4 Å². The van der Waals surface area contributed by atoms with E-state index in [1.807, 2.05) is 182 Å². The molecule has 4 atom stereocenters. The van der Waals surface area contributed by atoms with Gasteiger partial charge in [-0.1, -0.05) is 146 Å². The summed E-state index contributed by atoms with van der Waals surface area (Å²) in [5.41, 5.74) is 8.42. The predicted molar refractivity (Wildman–Crippen MR) is 431 cm³/mol. The Hall–Kier alpha value is -11.2. The number of likely N-dealkylation sites (tertiary alicyclic amines) is 6. The van der Waals surface area contributed by atoms with Gasteiger partial charge in [0, 0.05) is 120 Å². The molecule has 26 nitrogen and oxygen atoms in total. The molecule has 9 aliphatic heterocycles. The molecular formula is C87H109N15O11. The van der Waals surface area contributed by atoms with Crippen LogP contribution in [0.25, 0.3) is 0 Å². The molecule has 6 fully saturated rings. The maximum Gasteiger partial charge on any atom is 0.326 e. The van der Waals surface area contributed by atoms with Gasteiger partial charge in [-0.2, -0.15) is 0 Å². The van der Waals surface area contributed by atoms with Crippen molar-refractivity contribution in [1.29, 1.82) is 0 Å². The predicted octanol–water partition coefficient (Wildman–Crippen LogP) is 12.3. The maximum absolute atomic E-state index is 13.9. The Morgan fingerprint density at radius 1 is 0.389 bits per heavy atom. The van der Waals surface area contributed by atoms with E-state index in [4.69, 9.17) is 4.74 Å². The number of urea groups is 6. The van der Waals surface area contributed by atoms with E-state index < -0.39 is 29.7 Å². The molecular weight excluding hydrogens is 1430 g/mol. The minimum absolute atomic E-state index is 0.000364. The van der Waals surface area contributed by atoms with Gasteiger partial charge in [0.2, 0.25) is 17.7 Å². The van der Waals surface area contributed by atoms with E-state index in [0.717, 1.165) is 108 Å². The first-order chi connectivity index (χ1) is 54.7. The maximum atomic E-state index is 13.9. The number of amides is 15. The number of benzene rings is 6. The number of anilines is 3. The zero-order valence-corrected chi connectivity index (χ0v) is 65.4. The quantitative estimate of drug-likeness (QED) is 0.0591. The van der Waals surface area contributed by atoms with Crippen LogP contribution in [0.2, 0.25) is 0 Å². The Morgan fingerprint density at radius 3 is 1.19 bits per heavy atom. The molecule has 0 radical (unpaired) electrons. The molecule has 0 saturated carbocycles. The Kier molecular flexibility index (Phi) is 26.5. The van der Waals surface area contributed by atoms with Crippen LogP contribution in [0.3, 0.4) is 0 Å². The molecule has 6 aromatic carbocycles. The summed E-state index contributed by atoms with van der Waals surface area (Å²) in [7, 11) is 0. The minimum Gasteiger partial charge on any atom is -0.459 e. The topological polar surface area (TPSA) is 281 Å². The number of esters is 1. The number of nitrogens with zero attached hydrogens (tertiary/aromatic N) is 9. The summed E-state index contributed by atoms with van der Waals surface area (Å²) in [6.07, 6.45) is 12.0. The van der Waals surface area contributed by atoms with Crippen LogP contribution in [0, 0.1) is 0 Å². The highest BCUT2D eigenvalue weighted by Gasteiger charge is 2.41. The lowest BCUT2D eigenvalue weighted by Gasteiger charge is -2.40. The first-order valence-electron chi connectivity index (χ1n) is 40.6. The van der Waals surface area contributed by atoms with Gasteiger partial charge in [0.15, 0.2) is 0 Å². The second-order valence-corrected chi connectivity index (χ2v) is 32.0. The number of para-hydroxylation sites is 3. The fourth-order valence-electron chi connectivity index (χ4n) is 17.0. The van der Waals surface area contributed by atoms with Gasteiger partial charge in [0.25, 0.3) is 0 Å². The third-order valence-corrected chi connectivity index (χ3v) is 23.2. The lowest BCUT2D eigenvalue weighted by molar-refractivity contribution is -0.160. The molecule has 9 aliphatic rings. The number of hydrogen-bond donors (Lipinski definition) is 6. The summed E-state index contributed by atoms with van der Waals surface area (Å²) in [4.78, 5) is 147. The summed E-state index contributed by atoms with van der Waals surface area (Å²) in [5.74, 6) is -0.757. The lowest BCUT2D eigenvalue weighted by atomic mass is 10.0. The van der Waals surface area contributed by atoms with E-state index in [1.165, 1.54) is 0 Å². The highest BCUT2D eigenvalue weighted by atomic mass is 16.6. The van der Waals surface area contributed by atoms with Crippen LogP contribution in [0.4, 0.5) is 45.8 Å². The van der Waals surface area contributed by atoms with Crippen LogP contribution in [0.1, 0.15) is 157 Å². The first-order valence-corrected chi connectivity index (χ1v) is 40.6. The zero-order valence-electron chi connectivity index (χ0n) is 65.4. The number of nitrogens with one attached hydrogen (secondary N) is 6. The molecule has 598 valence electrons. The number of hydrogen-bond acceptors (Lipinski definition) is 11. The van der Waals surface area contributed by atoms with Crippen molar-refractivity contribution in [2.75, 3.05) is 81.4 Å². The van der Waals surface area contributed by atoms with Gasteiger partial charge in [-0.15, -0.1) is 0 Å². The van der Waals surface area contributed by atoms with E-state index in [0.29, 0.717) is 130 Å². The zero-order chi connectivity index (χ0) is 79.0. The minimum atomic E-state index is -0.740. The van der Waals surface area contributed by atoms with Crippen LogP contribution in [0.15, 0.2) is 164 Å². The summed E-state index contributed by atoms with van der Waals surface area (Å²) < 4.78 is 5.55. The van der Waals surface area contributed by atoms with Crippen molar-refractivity contribution in [3.8, 4) is 0 Å². The van der Waals surface area contributed by atoms with Gasteiger partial charge in [-0.25, -0.2) is 28.8 Å². The van der Waals surface area contributed by atoms with Crippen LogP contribution >= 0.6 is 0 Å². The van der Waals surface area contributed by atoms with Crippen molar-refractivity contribution >= 4 is 76.9 Å². The molecule has 15 amide bonds. The average molecular weight is 1540 g/mol. The number of carbonyl (C=O) groups excluding carboxylic acids is 10. The molecule has 1 unspecified atom stereocenters. The van der Waals surface area contributed by atoms with Crippen molar-refractivity contribution in [2.24, 2.45) is 0 Å². The molecule has 9 heterocycles. The summed E-state index contributed by atoms with van der Waals surface area (Å²) in [6, 6.07) is 50.5.